The van der Waals surface area contributed by atoms with Crippen molar-refractivity contribution in [2.75, 3.05) is 14.2 Å². The zero-order valence-electron chi connectivity index (χ0n) is 12.0. The fourth-order valence-corrected chi connectivity index (χ4v) is 4.02. The predicted octanol–water partition coefficient (Wildman–Crippen LogP) is 3.34. The highest BCUT2D eigenvalue weighted by Gasteiger charge is 2.21. The monoisotopic (exact) mass is 288 g/mol. The molecule has 1 aromatic heterocycles. The summed E-state index contributed by atoms with van der Waals surface area (Å²) in [5.74, 6) is 0.891. The first-order valence-corrected chi connectivity index (χ1v) is 7.93. The Kier molecular flexibility index (Phi) is 4.03. The van der Waals surface area contributed by atoms with E-state index in [4.69, 9.17) is 9.72 Å². The van der Waals surface area contributed by atoms with E-state index in [0.29, 0.717) is 0 Å². The molecule has 3 rings (SSSR count). The fourth-order valence-electron chi connectivity index (χ4n) is 2.72. The molecule has 2 aromatic rings. The minimum atomic E-state index is 0.177. The Morgan fingerprint density at radius 3 is 2.60 bits per heavy atom. The third-order valence-electron chi connectivity index (χ3n) is 3.85. The summed E-state index contributed by atoms with van der Waals surface area (Å²) < 4.78 is 5.22. The van der Waals surface area contributed by atoms with Crippen molar-refractivity contribution >= 4 is 11.3 Å². The number of benzene rings is 1. The van der Waals surface area contributed by atoms with Gasteiger partial charge in [0.25, 0.3) is 0 Å². The third kappa shape index (κ3) is 2.58. The topological polar surface area (TPSA) is 34.1 Å². The Bertz CT molecular complexity index is 553. The average Bonchev–Trinajstić information content (AvgIpc) is 2.92. The predicted molar refractivity (Wildman–Crippen MR) is 82.7 cm³/mol. The van der Waals surface area contributed by atoms with Crippen molar-refractivity contribution in [2.45, 2.75) is 31.7 Å². The van der Waals surface area contributed by atoms with Crippen LogP contribution in [0, 0.1) is 0 Å². The zero-order valence-corrected chi connectivity index (χ0v) is 12.8. The van der Waals surface area contributed by atoms with E-state index < -0.39 is 0 Å². The summed E-state index contributed by atoms with van der Waals surface area (Å²) in [6.07, 6.45) is 4.93. The Morgan fingerprint density at radius 2 is 1.95 bits per heavy atom. The molecule has 0 fully saturated rings. The van der Waals surface area contributed by atoms with Crippen molar-refractivity contribution < 1.29 is 4.74 Å². The van der Waals surface area contributed by atoms with Gasteiger partial charge in [0.1, 0.15) is 10.8 Å². The number of nitrogens with one attached hydrogen (secondary N) is 1. The van der Waals surface area contributed by atoms with Crippen LogP contribution in [-0.4, -0.2) is 19.1 Å². The fraction of sp³-hybridized carbons (Fsp3) is 0.438. The number of fused-ring (bicyclic) bond motifs is 1. The molecule has 1 unspecified atom stereocenters. The van der Waals surface area contributed by atoms with Crippen molar-refractivity contribution in [2.24, 2.45) is 0 Å². The van der Waals surface area contributed by atoms with Gasteiger partial charge in [0.2, 0.25) is 0 Å². The lowest BCUT2D eigenvalue weighted by molar-refractivity contribution is 0.414. The molecule has 0 spiro atoms. The van der Waals surface area contributed by atoms with E-state index in [1.807, 2.05) is 30.5 Å². The van der Waals surface area contributed by atoms with Crippen LogP contribution in [0.25, 0.3) is 0 Å². The Hall–Kier alpha value is -1.39. The molecule has 3 nitrogen and oxygen atoms in total. The van der Waals surface area contributed by atoms with Crippen molar-refractivity contribution in [3.05, 3.63) is 45.4 Å². The van der Waals surface area contributed by atoms with E-state index in [9.17, 15) is 0 Å². The summed E-state index contributed by atoms with van der Waals surface area (Å²) in [7, 11) is 3.69. The molecule has 106 valence electrons. The lowest BCUT2D eigenvalue weighted by Gasteiger charge is -2.14. The molecule has 0 radical (unpaired) electrons. The molecule has 4 heteroatoms. The number of aryl methyl sites for hydroxylation is 2. The van der Waals surface area contributed by atoms with E-state index >= 15 is 0 Å². The van der Waals surface area contributed by atoms with Gasteiger partial charge in [-0.2, -0.15) is 0 Å². The SMILES string of the molecule is CNC(c1ccc(OC)cc1)c1nc2c(s1)CCCC2. The normalized spacial score (nSPS) is 15.7. The van der Waals surface area contributed by atoms with Gasteiger partial charge in [-0.1, -0.05) is 12.1 Å². The molecule has 0 bridgehead atoms. The number of hydrogen-bond donors (Lipinski definition) is 1. The molecule has 1 aliphatic carbocycles. The quantitative estimate of drug-likeness (QED) is 0.937. The molecule has 1 aliphatic rings. The highest BCUT2D eigenvalue weighted by Crippen LogP contribution is 2.32. The van der Waals surface area contributed by atoms with E-state index in [-0.39, 0.29) is 6.04 Å². The standard InChI is InChI=1S/C16H20N2OS/c1-17-15(11-7-9-12(19-2)10-8-11)16-18-13-5-3-4-6-14(13)20-16/h7-10,15,17H,3-6H2,1-2H3. The summed E-state index contributed by atoms with van der Waals surface area (Å²) in [5.41, 5.74) is 2.56. The molecule has 1 heterocycles. The summed E-state index contributed by atoms with van der Waals surface area (Å²) in [4.78, 5) is 6.35. The van der Waals surface area contributed by atoms with E-state index in [1.165, 1.54) is 40.4 Å². The number of methoxy groups -OCH3 is 1. The summed E-state index contributed by atoms with van der Waals surface area (Å²) in [5, 5.41) is 4.57. The van der Waals surface area contributed by atoms with Gasteiger partial charge in [0.05, 0.1) is 18.8 Å². The van der Waals surface area contributed by atoms with Gasteiger partial charge >= 0.3 is 0 Å². The van der Waals surface area contributed by atoms with Crippen molar-refractivity contribution in [1.82, 2.24) is 10.3 Å². The van der Waals surface area contributed by atoms with Crippen LogP contribution < -0.4 is 10.1 Å². The van der Waals surface area contributed by atoms with Crippen molar-refractivity contribution in [3.8, 4) is 5.75 Å². The van der Waals surface area contributed by atoms with Gasteiger partial charge in [0, 0.05) is 4.88 Å². The van der Waals surface area contributed by atoms with Crippen LogP contribution in [-0.2, 0) is 12.8 Å². The number of rotatable bonds is 4. The maximum absolute atomic E-state index is 5.22. The second-order valence-corrected chi connectivity index (χ2v) is 6.24. The van der Waals surface area contributed by atoms with Crippen LogP contribution in [0.5, 0.6) is 5.75 Å². The minimum Gasteiger partial charge on any atom is -0.497 e. The molecule has 0 aliphatic heterocycles. The molecule has 20 heavy (non-hydrogen) atoms. The van der Waals surface area contributed by atoms with Crippen LogP contribution >= 0.6 is 11.3 Å². The van der Waals surface area contributed by atoms with Crippen LogP contribution in [0.1, 0.15) is 40.0 Å². The lowest BCUT2D eigenvalue weighted by Crippen LogP contribution is -2.17. The minimum absolute atomic E-state index is 0.177. The zero-order chi connectivity index (χ0) is 13.9. The first kappa shape index (κ1) is 13.6. The van der Waals surface area contributed by atoms with E-state index in [1.54, 1.807) is 7.11 Å². The summed E-state index contributed by atoms with van der Waals surface area (Å²) in [6.45, 7) is 0. The third-order valence-corrected chi connectivity index (χ3v) is 5.07. The van der Waals surface area contributed by atoms with Gasteiger partial charge < -0.3 is 10.1 Å². The highest BCUT2D eigenvalue weighted by molar-refractivity contribution is 7.11. The molecule has 1 atom stereocenters. The summed E-state index contributed by atoms with van der Waals surface area (Å²) in [6, 6.07) is 8.41. The van der Waals surface area contributed by atoms with Gasteiger partial charge in [-0.3, -0.25) is 0 Å². The Labute approximate surface area is 124 Å². The lowest BCUT2D eigenvalue weighted by atomic mass is 10.0. The second kappa shape index (κ2) is 5.94. The number of ether oxygens (including phenoxy) is 1. The molecular weight excluding hydrogens is 268 g/mol. The molecule has 0 amide bonds. The van der Waals surface area contributed by atoms with Crippen LogP contribution in [0.15, 0.2) is 24.3 Å². The maximum atomic E-state index is 5.22. The van der Waals surface area contributed by atoms with E-state index in [2.05, 4.69) is 17.4 Å². The van der Waals surface area contributed by atoms with Gasteiger partial charge in [-0.15, -0.1) is 11.3 Å². The highest BCUT2D eigenvalue weighted by atomic mass is 32.1. The number of hydrogen-bond acceptors (Lipinski definition) is 4. The summed E-state index contributed by atoms with van der Waals surface area (Å²) >= 11 is 1.87. The second-order valence-electron chi connectivity index (χ2n) is 5.12. The molecule has 1 aromatic carbocycles. The Morgan fingerprint density at radius 1 is 1.20 bits per heavy atom. The molecular formula is C16H20N2OS. The van der Waals surface area contributed by atoms with E-state index in [0.717, 1.165) is 12.2 Å². The van der Waals surface area contributed by atoms with Crippen LogP contribution in [0.2, 0.25) is 0 Å². The number of aromatic nitrogens is 1. The smallest absolute Gasteiger partial charge is 0.118 e. The van der Waals surface area contributed by atoms with Crippen LogP contribution in [0.3, 0.4) is 0 Å². The van der Waals surface area contributed by atoms with Crippen LogP contribution in [0.4, 0.5) is 0 Å². The van der Waals surface area contributed by atoms with Gasteiger partial charge in [0.15, 0.2) is 0 Å². The maximum Gasteiger partial charge on any atom is 0.118 e. The van der Waals surface area contributed by atoms with Crippen molar-refractivity contribution in [3.63, 3.8) is 0 Å². The molecule has 0 saturated heterocycles. The Balaban J connectivity index is 1.90. The van der Waals surface area contributed by atoms with Gasteiger partial charge in [-0.05, 0) is 50.4 Å². The first-order chi connectivity index (χ1) is 9.81. The molecule has 0 saturated carbocycles. The largest absolute Gasteiger partial charge is 0.497 e. The molecule has 1 N–H and O–H groups in total. The number of nitrogens with zero attached hydrogens (tertiary/aromatic N) is 1. The van der Waals surface area contributed by atoms with Gasteiger partial charge in [-0.25, -0.2) is 4.98 Å². The van der Waals surface area contributed by atoms with Crippen molar-refractivity contribution in [1.29, 1.82) is 0 Å². The first-order valence-electron chi connectivity index (χ1n) is 7.11. The average molecular weight is 288 g/mol. The number of thiazole rings is 1.